The molecule has 0 radical (unpaired) electrons. The van der Waals surface area contributed by atoms with E-state index in [0.29, 0.717) is 40.4 Å². The number of halogens is 2. The van der Waals surface area contributed by atoms with Gasteiger partial charge in [-0.1, -0.05) is 46.3 Å². The summed E-state index contributed by atoms with van der Waals surface area (Å²) in [5, 5.41) is 2.27. The third kappa shape index (κ3) is 5.62. The van der Waals surface area contributed by atoms with Gasteiger partial charge in [0.25, 0.3) is 11.8 Å². The molecule has 0 unspecified atom stereocenters. The molecule has 0 aliphatic carbocycles. The number of carbonyl (C=O) groups is 3. The molecule has 0 aromatic heterocycles. The zero-order valence-corrected chi connectivity index (χ0v) is 23.6. The molecule has 1 heterocycles. The Kier molecular flexibility index (Phi) is 8.14. The molecular weight excluding hydrogens is 604 g/mol. The lowest BCUT2D eigenvalue weighted by atomic mass is 10.0. The average molecular weight is 628 g/mol. The van der Waals surface area contributed by atoms with Crippen LogP contribution in [0.1, 0.15) is 29.2 Å². The topological polar surface area (TPSA) is 84.9 Å². The van der Waals surface area contributed by atoms with Crippen LogP contribution in [0.5, 0.6) is 11.5 Å². The summed E-state index contributed by atoms with van der Waals surface area (Å²) in [7, 11) is 0. The van der Waals surface area contributed by atoms with Gasteiger partial charge in [-0.05, 0) is 83.7 Å². The van der Waals surface area contributed by atoms with Crippen molar-refractivity contribution in [1.29, 1.82) is 0 Å². The van der Waals surface area contributed by atoms with Gasteiger partial charge in [0, 0.05) is 10.0 Å². The number of carbonyl (C=O) groups excluding carboxylic acids is 3. The Morgan fingerprint density at radius 3 is 2.43 bits per heavy atom. The first-order valence-electron chi connectivity index (χ1n) is 11.5. The highest BCUT2D eigenvalue weighted by Gasteiger charge is 2.37. The number of nitrogens with one attached hydrogen (secondary N) is 1. The van der Waals surface area contributed by atoms with Crippen LogP contribution in [-0.2, 0) is 16.2 Å². The Hall–Kier alpha value is -3.43. The molecule has 190 valence electrons. The van der Waals surface area contributed by atoms with E-state index in [0.717, 1.165) is 26.1 Å². The zero-order chi connectivity index (χ0) is 26.7. The third-order valence-electron chi connectivity index (χ3n) is 5.89. The normalized spacial score (nSPS) is 14.7. The Morgan fingerprint density at radius 1 is 0.946 bits per heavy atom. The summed E-state index contributed by atoms with van der Waals surface area (Å²) in [5.74, 6) is -0.529. The molecule has 4 rings (SSSR count). The molecular formula is C28H24Br2N2O5. The number of amides is 4. The molecule has 0 atom stereocenters. The van der Waals surface area contributed by atoms with Crippen molar-refractivity contribution in [3.63, 3.8) is 0 Å². The second-order valence-electron chi connectivity index (χ2n) is 8.32. The number of imide groups is 2. The van der Waals surface area contributed by atoms with Crippen molar-refractivity contribution < 1.29 is 23.9 Å². The van der Waals surface area contributed by atoms with E-state index in [1.54, 1.807) is 24.3 Å². The predicted molar refractivity (Wildman–Crippen MR) is 149 cm³/mol. The van der Waals surface area contributed by atoms with Gasteiger partial charge >= 0.3 is 6.03 Å². The van der Waals surface area contributed by atoms with Gasteiger partial charge in [0.2, 0.25) is 0 Å². The Bertz CT molecular complexity index is 1430. The van der Waals surface area contributed by atoms with Crippen molar-refractivity contribution in [1.82, 2.24) is 5.32 Å². The van der Waals surface area contributed by atoms with Gasteiger partial charge in [-0.2, -0.15) is 0 Å². The van der Waals surface area contributed by atoms with Crippen molar-refractivity contribution in [2.45, 2.75) is 27.4 Å². The molecule has 0 bridgehead atoms. The molecule has 7 nitrogen and oxygen atoms in total. The molecule has 1 fully saturated rings. The van der Waals surface area contributed by atoms with Gasteiger partial charge in [0.1, 0.15) is 12.2 Å². The molecule has 1 N–H and O–H groups in total. The van der Waals surface area contributed by atoms with E-state index in [9.17, 15) is 14.4 Å². The number of rotatable bonds is 7. The first kappa shape index (κ1) is 26.6. The van der Waals surface area contributed by atoms with Crippen LogP contribution >= 0.6 is 31.9 Å². The van der Waals surface area contributed by atoms with Crippen molar-refractivity contribution in [3.05, 3.63) is 91.4 Å². The smallest absolute Gasteiger partial charge is 0.335 e. The quantitative estimate of drug-likeness (QED) is 0.240. The lowest BCUT2D eigenvalue weighted by Gasteiger charge is -2.28. The molecule has 0 spiro atoms. The van der Waals surface area contributed by atoms with Crippen LogP contribution in [0.3, 0.4) is 0 Å². The standard InChI is InChI=1S/C28H24Br2N2O5/c1-4-36-24-14-18(13-22(30)25(24)37-15-19-9-5-6-10-21(19)29)12-20-26(33)31-28(35)32(27(20)34)23-11-7-8-16(2)17(23)3/h5-14H,4,15H2,1-3H3,(H,31,33,35)/b20-12+. The summed E-state index contributed by atoms with van der Waals surface area (Å²) in [6.07, 6.45) is 1.44. The minimum atomic E-state index is -0.784. The van der Waals surface area contributed by atoms with Crippen LogP contribution in [0.15, 0.2) is 69.1 Å². The van der Waals surface area contributed by atoms with E-state index < -0.39 is 17.8 Å². The second-order valence-corrected chi connectivity index (χ2v) is 10.0. The van der Waals surface area contributed by atoms with Gasteiger partial charge in [0.15, 0.2) is 11.5 Å². The monoisotopic (exact) mass is 626 g/mol. The molecule has 3 aromatic rings. The number of aryl methyl sites for hydroxylation is 1. The number of anilines is 1. The van der Waals surface area contributed by atoms with E-state index in [1.165, 1.54) is 6.08 Å². The highest BCUT2D eigenvalue weighted by molar-refractivity contribution is 9.10. The summed E-state index contributed by atoms with van der Waals surface area (Å²) in [6, 6.07) is 15.7. The van der Waals surface area contributed by atoms with E-state index in [2.05, 4.69) is 37.2 Å². The molecule has 0 saturated carbocycles. The van der Waals surface area contributed by atoms with E-state index in [1.807, 2.05) is 51.1 Å². The van der Waals surface area contributed by atoms with Crippen molar-refractivity contribution >= 4 is 61.5 Å². The number of ether oxygens (including phenoxy) is 2. The van der Waals surface area contributed by atoms with E-state index in [4.69, 9.17) is 9.47 Å². The molecule has 1 aliphatic rings. The Balaban J connectivity index is 1.69. The highest BCUT2D eigenvalue weighted by atomic mass is 79.9. The van der Waals surface area contributed by atoms with Crippen molar-refractivity contribution in [3.8, 4) is 11.5 Å². The van der Waals surface area contributed by atoms with Gasteiger partial charge in [-0.3, -0.25) is 14.9 Å². The average Bonchev–Trinajstić information content (AvgIpc) is 2.85. The minimum absolute atomic E-state index is 0.170. The molecule has 4 amide bonds. The maximum absolute atomic E-state index is 13.4. The number of nitrogens with zero attached hydrogens (tertiary/aromatic N) is 1. The summed E-state index contributed by atoms with van der Waals surface area (Å²) in [5.41, 5.74) is 3.43. The third-order valence-corrected chi connectivity index (χ3v) is 7.25. The lowest BCUT2D eigenvalue weighted by Crippen LogP contribution is -2.54. The fraction of sp³-hybridized carbons (Fsp3) is 0.179. The van der Waals surface area contributed by atoms with Crippen LogP contribution in [0, 0.1) is 13.8 Å². The molecule has 9 heteroatoms. The largest absolute Gasteiger partial charge is 0.490 e. The van der Waals surface area contributed by atoms with Crippen LogP contribution < -0.4 is 19.7 Å². The first-order valence-corrected chi connectivity index (χ1v) is 13.1. The van der Waals surface area contributed by atoms with Crippen LogP contribution in [0.2, 0.25) is 0 Å². The van der Waals surface area contributed by atoms with Crippen molar-refractivity contribution in [2.24, 2.45) is 0 Å². The van der Waals surface area contributed by atoms with Gasteiger partial charge in [0.05, 0.1) is 16.8 Å². The summed E-state index contributed by atoms with van der Waals surface area (Å²) < 4.78 is 13.4. The number of hydrogen-bond acceptors (Lipinski definition) is 5. The molecule has 37 heavy (non-hydrogen) atoms. The number of urea groups is 1. The fourth-order valence-corrected chi connectivity index (χ4v) is 4.83. The van der Waals surface area contributed by atoms with E-state index in [-0.39, 0.29) is 5.57 Å². The van der Waals surface area contributed by atoms with Crippen molar-refractivity contribution in [2.75, 3.05) is 11.5 Å². The predicted octanol–water partition coefficient (Wildman–Crippen LogP) is 6.47. The maximum Gasteiger partial charge on any atom is 0.335 e. The van der Waals surface area contributed by atoms with Gasteiger partial charge in [-0.25, -0.2) is 9.69 Å². The summed E-state index contributed by atoms with van der Waals surface area (Å²) >= 11 is 7.06. The SMILES string of the molecule is CCOc1cc(/C=C2\C(=O)NC(=O)N(c3cccc(C)c3C)C2=O)cc(Br)c1OCc1ccccc1Br. The Labute approximate surface area is 231 Å². The number of hydrogen-bond donors (Lipinski definition) is 1. The molecule has 1 saturated heterocycles. The van der Waals surface area contributed by atoms with Crippen LogP contribution in [-0.4, -0.2) is 24.5 Å². The van der Waals surface area contributed by atoms with Crippen LogP contribution in [0.25, 0.3) is 6.08 Å². The lowest BCUT2D eigenvalue weighted by molar-refractivity contribution is -0.122. The van der Waals surface area contributed by atoms with Gasteiger partial charge < -0.3 is 9.47 Å². The summed E-state index contributed by atoms with van der Waals surface area (Å²) in [6.45, 7) is 6.24. The fourth-order valence-electron chi connectivity index (χ4n) is 3.86. The highest BCUT2D eigenvalue weighted by Crippen LogP contribution is 2.39. The van der Waals surface area contributed by atoms with Crippen LogP contribution in [0.4, 0.5) is 10.5 Å². The molecule has 1 aliphatic heterocycles. The first-order chi connectivity index (χ1) is 17.7. The second kappa shape index (κ2) is 11.3. The maximum atomic E-state index is 13.4. The molecule has 3 aromatic carbocycles. The minimum Gasteiger partial charge on any atom is -0.490 e. The zero-order valence-electron chi connectivity index (χ0n) is 20.4. The number of barbiturate groups is 1. The van der Waals surface area contributed by atoms with E-state index >= 15 is 0 Å². The van der Waals surface area contributed by atoms with Gasteiger partial charge in [-0.15, -0.1) is 0 Å². The summed E-state index contributed by atoms with van der Waals surface area (Å²) in [4.78, 5) is 39.7. The number of benzene rings is 3. The Morgan fingerprint density at radius 2 is 1.70 bits per heavy atom.